The maximum absolute atomic E-state index is 11.9. The van der Waals surface area contributed by atoms with Crippen molar-refractivity contribution in [1.29, 1.82) is 0 Å². The minimum absolute atomic E-state index is 0.255. The van der Waals surface area contributed by atoms with E-state index in [9.17, 15) is 13.2 Å². The average molecular weight is 232 g/mol. The predicted octanol–water partition coefficient (Wildman–Crippen LogP) is 1.33. The largest absolute Gasteiger partial charge is 0.573 e. The highest BCUT2D eigenvalue weighted by atomic mass is 19.4. The van der Waals surface area contributed by atoms with Crippen molar-refractivity contribution in [1.82, 2.24) is 0 Å². The standard InChI is InChI=1S/C9H8BF3O3/c11-9(12,13)16-8-3-1-7(2-4-8)10-14-5-6-15-10/h1-4H,5-6H2. The lowest BCUT2D eigenvalue weighted by Crippen LogP contribution is -2.31. The molecule has 1 aromatic rings. The number of halogens is 3. The van der Waals surface area contributed by atoms with E-state index in [1.54, 1.807) is 0 Å². The lowest BCUT2D eigenvalue weighted by atomic mass is 9.79. The second-order valence-electron chi connectivity index (χ2n) is 3.19. The average Bonchev–Trinajstić information content (AvgIpc) is 2.69. The maximum Gasteiger partial charge on any atom is 0.573 e. The molecule has 0 aliphatic carbocycles. The van der Waals surface area contributed by atoms with Gasteiger partial charge in [0.25, 0.3) is 0 Å². The fourth-order valence-corrected chi connectivity index (χ4v) is 1.38. The molecule has 1 aliphatic rings. The molecule has 16 heavy (non-hydrogen) atoms. The van der Waals surface area contributed by atoms with E-state index in [1.165, 1.54) is 24.3 Å². The van der Waals surface area contributed by atoms with Crippen LogP contribution in [0, 0.1) is 0 Å². The summed E-state index contributed by atoms with van der Waals surface area (Å²) in [6.07, 6.45) is -4.66. The maximum atomic E-state index is 11.9. The normalized spacial score (nSPS) is 16.6. The Morgan fingerprint density at radius 2 is 1.62 bits per heavy atom. The predicted molar refractivity (Wildman–Crippen MR) is 50.4 cm³/mol. The van der Waals surface area contributed by atoms with Gasteiger partial charge in [-0.2, -0.15) is 0 Å². The van der Waals surface area contributed by atoms with Crippen LogP contribution in [-0.4, -0.2) is 26.7 Å². The SMILES string of the molecule is FC(F)(F)Oc1ccc(B2OCCO2)cc1. The first kappa shape index (κ1) is 11.3. The van der Waals surface area contributed by atoms with Crippen molar-refractivity contribution in [3.63, 3.8) is 0 Å². The Bertz CT molecular complexity index is 346. The van der Waals surface area contributed by atoms with Crippen molar-refractivity contribution in [3.8, 4) is 5.75 Å². The van der Waals surface area contributed by atoms with Gasteiger partial charge < -0.3 is 14.0 Å². The summed E-state index contributed by atoms with van der Waals surface area (Å²) in [6.45, 7) is 0.983. The van der Waals surface area contributed by atoms with Crippen LogP contribution < -0.4 is 10.2 Å². The van der Waals surface area contributed by atoms with Crippen LogP contribution in [0.2, 0.25) is 0 Å². The molecular weight excluding hydrogens is 224 g/mol. The smallest absolute Gasteiger partial charge is 0.406 e. The van der Waals surface area contributed by atoms with E-state index in [-0.39, 0.29) is 5.75 Å². The van der Waals surface area contributed by atoms with Crippen LogP contribution in [0.4, 0.5) is 13.2 Å². The van der Waals surface area contributed by atoms with E-state index in [2.05, 4.69) is 4.74 Å². The summed E-state index contributed by atoms with van der Waals surface area (Å²) in [7, 11) is -0.486. The van der Waals surface area contributed by atoms with Crippen molar-refractivity contribution in [2.45, 2.75) is 6.36 Å². The first-order chi connectivity index (χ1) is 7.54. The van der Waals surface area contributed by atoms with Gasteiger partial charge >= 0.3 is 13.5 Å². The monoisotopic (exact) mass is 232 g/mol. The second kappa shape index (κ2) is 4.35. The molecule has 3 nitrogen and oxygen atoms in total. The number of ether oxygens (including phenoxy) is 1. The molecule has 1 heterocycles. The van der Waals surface area contributed by atoms with Gasteiger partial charge in [-0.15, -0.1) is 13.2 Å². The number of hydrogen-bond donors (Lipinski definition) is 0. The summed E-state index contributed by atoms with van der Waals surface area (Å²) in [6, 6.07) is 5.43. The molecule has 1 fully saturated rings. The van der Waals surface area contributed by atoms with E-state index in [1.807, 2.05) is 0 Å². The van der Waals surface area contributed by atoms with Gasteiger partial charge in [-0.1, -0.05) is 12.1 Å². The molecule has 2 rings (SSSR count). The molecule has 0 amide bonds. The quantitative estimate of drug-likeness (QED) is 0.719. The topological polar surface area (TPSA) is 27.7 Å². The molecule has 0 bridgehead atoms. The Kier molecular flexibility index (Phi) is 3.07. The highest BCUT2D eigenvalue weighted by Crippen LogP contribution is 2.21. The molecule has 0 atom stereocenters. The fraction of sp³-hybridized carbons (Fsp3) is 0.333. The van der Waals surface area contributed by atoms with Crippen LogP contribution >= 0.6 is 0 Å². The molecule has 1 aromatic carbocycles. The Morgan fingerprint density at radius 3 is 2.12 bits per heavy atom. The van der Waals surface area contributed by atoms with E-state index in [4.69, 9.17) is 9.31 Å². The highest BCUT2D eigenvalue weighted by Gasteiger charge is 2.31. The highest BCUT2D eigenvalue weighted by molar-refractivity contribution is 6.61. The van der Waals surface area contributed by atoms with Gasteiger partial charge in [-0.05, 0) is 17.6 Å². The number of rotatable bonds is 2. The van der Waals surface area contributed by atoms with Crippen molar-refractivity contribution in [2.24, 2.45) is 0 Å². The minimum Gasteiger partial charge on any atom is -0.406 e. The van der Waals surface area contributed by atoms with Crippen molar-refractivity contribution in [3.05, 3.63) is 24.3 Å². The van der Waals surface area contributed by atoms with Crippen LogP contribution in [0.3, 0.4) is 0 Å². The third-order valence-corrected chi connectivity index (χ3v) is 2.01. The first-order valence-corrected chi connectivity index (χ1v) is 4.63. The second-order valence-corrected chi connectivity index (χ2v) is 3.19. The van der Waals surface area contributed by atoms with Gasteiger partial charge in [-0.25, -0.2) is 0 Å². The van der Waals surface area contributed by atoms with Crippen LogP contribution in [-0.2, 0) is 9.31 Å². The van der Waals surface area contributed by atoms with Gasteiger partial charge in [0, 0.05) is 0 Å². The summed E-state index contributed by atoms with van der Waals surface area (Å²) in [5.41, 5.74) is 0.673. The van der Waals surface area contributed by atoms with Crippen LogP contribution in [0.25, 0.3) is 0 Å². The van der Waals surface area contributed by atoms with Crippen LogP contribution in [0.15, 0.2) is 24.3 Å². The summed E-state index contributed by atoms with van der Waals surface area (Å²) in [5.74, 6) is -0.255. The van der Waals surface area contributed by atoms with Crippen molar-refractivity contribution >= 4 is 12.6 Å². The molecule has 0 saturated carbocycles. The van der Waals surface area contributed by atoms with E-state index in [0.29, 0.717) is 18.7 Å². The van der Waals surface area contributed by atoms with Crippen LogP contribution in [0.5, 0.6) is 5.75 Å². The summed E-state index contributed by atoms with van der Waals surface area (Å²) in [4.78, 5) is 0. The fourth-order valence-electron chi connectivity index (χ4n) is 1.38. The Morgan fingerprint density at radius 1 is 1.06 bits per heavy atom. The van der Waals surface area contributed by atoms with Gasteiger partial charge in [0.15, 0.2) is 0 Å². The number of alkyl halides is 3. The van der Waals surface area contributed by atoms with Crippen molar-refractivity contribution in [2.75, 3.05) is 13.2 Å². The third-order valence-electron chi connectivity index (χ3n) is 2.01. The number of hydrogen-bond acceptors (Lipinski definition) is 3. The Balaban J connectivity index is 2.04. The zero-order valence-corrected chi connectivity index (χ0v) is 8.16. The van der Waals surface area contributed by atoms with Crippen LogP contribution in [0.1, 0.15) is 0 Å². The number of benzene rings is 1. The molecule has 0 N–H and O–H groups in total. The Hall–Kier alpha value is -1.21. The van der Waals surface area contributed by atoms with E-state index in [0.717, 1.165) is 0 Å². The van der Waals surface area contributed by atoms with Gasteiger partial charge in [-0.3, -0.25) is 0 Å². The zero-order chi connectivity index (χ0) is 11.6. The molecule has 7 heteroatoms. The summed E-state index contributed by atoms with van der Waals surface area (Å²) >= 11 is 0. The molecule has 86 valence electrons. The summed E-state index contributed by atoms with van der Waals surface area (Å²) < 4.78 is 49.7. The Labute approximate surface area is 90.3 Å². The molecule has 1 saturated heterocycles. The van der Waals surface area contributed by atoms with Gasteiger partial charge in [0.1, 0.15) is 5.75 Å². The lowest BCUT2D eigenvalue weighted by Gasteiger charge is -2.09. The first-order valence-electron chi connectivity index (χ1n) is 4.63. The molecule has 1 aliphatic heterocycles. The van der Waals surface area contributed by atoms with Gasteiger partial charge in [0.2, 0.25) is 0 Å². The van der Waals surface area contributed by atoms with Gasteiger partial charge in [0.05, 0.1) is 13.2 Å². The lowest BCUT2D eigenvalue weighted by molar-refractivity contribution is -0.274. The third kappa shape index (κ3) is 2.90. The molecule has 0 unspecified atom stereocenters. The van der Waals surface area contributed by atoms with E-state index < -0.39 is 13.5 Å². The molecule has 0 spiro atoms. The minimum atomic E-state index is -4.66. The van der Waals surface area contributed by atoms with E-state index >= 15 is 0 Å². The molecular formula is C9H8BF3O3. The molecule has 0 aromatic heterocycles. The molecule has 0 radical (unpaired) electrons. The summed E-state index contributed by atoms with van der Waals surface area (Å²) in [5, 5.41) is 0. The zero-order valence-electron chi connectivity index (χ0n) is 8.16. The van der Waals surface area contributed by atoms with Crippen molar-refractivity contribution < 1.29 is 27.2 Å².